The Labute approximate surface area is 181 Å². The molecule has 1 aliphatic rings. The molecule has 4 rings (SSSR count). The molecular formula is C24H27FN2O4. The molecular weight excluding hydrogens is 399 g/mol. The maximum Gasteiger partial charge on any atom is 0.169 e. The summed E-state index contributed by atoms with van der Waals surface area (Å²) in [4.78, 5) is 4.24. The van der Waals surface area contributed by atoms with Gasteiger partial charge < -0.3 is 23.5 Å². The zero-order valence-electron chi connectivity index (χ0n) is 18.0. The van der Waals surface area contributed by atoms with Crippen LogP contribution in [0.25, 0.3) is 5.69 Å². The lowest BCUT2D eigenvalue weighted by Crippen LogP contribution is -2.32. The van der Waals surface area contributed by atoms with E-state index in [0.717, 1.165) is 23.5 Å². The molecule has 1 saturated heterocycles. The number of rotatable bonds is 7. The summed E-state index contributed by atoms with van der Waals surface area (Å²) in [6, 6.07) is 11.2. The molecule has 0 saturated carbocycles. The minimum absolute atomic E-state index is 0.109. The van der Waals surface area contributed by atoms with E-state index in [-0.39, 0.29) is 24.4 Å². The number of hydrogen-bond donors (Lipinski definition) is 0. The van der Waals surface area contributed by atoms with Gasteiger partial charge in [-0.25, -0.2) is 9.37 Å². The van der Waals surface area contributed by atoms with Crippen molar-refractivity contribution in [1.29, 1.82) is 0 Å². The van der Waals surface area contributed by atoms with Crippen molar-refractivity contribution in [3.05, 3.63) is 71.6 Å². The number of aryl methyl sites for hydroxylation is 1. The third kappa shape index (κ3) is 4.57. The molecule has 1 fully saturated rings. The van der Waals surface area contributed by atoms with Gasteiger partial charge in [0.25, 0.3) is 0 Å². The number of imidazole rings is 1. The summed E-state index contributed by atoms with van der Waals surface area (Å²) >= 11 is 0. The first-order valence-corrected chi connectivity index (χ1v) is 10.3. The maximum absolute atomic E-state index is 15.4. The van der Waals surface area contributed by atoms with Crippen LogP contribution in [0.1, 0.15) is 29.3 Å². The topological polar surface area (TPSA) is 54.7 Å². The average Bonchev–Trinajstić information content (AvgIpc) is 3.24. The van der Waals surface area contributed by atoms with E-state index in [9.17, 15) is 0 Å². The smallest absolute Gasteiger partial charge is 0.169 e. The highest BCUT2D eigenvalue weighted by molar-refractivity contribution is 5.43. The molecule has 3 aromatic rings. The summed E-state index contributed by atoms with van der Waals surface area (Å²) in [6.07, 6.45) is 4.29. The summed E-state index contributed by atoms with van der Waals surface area (Å²) < 4.78 is 39.8. The lowest BCUT2D eigenvalue weighted by molar-refractivity contribution is -0.0295. The third-order valence-electron chi connectivity index (χ3n) is 5.71. The zero-order chi connectivity index (χ0) is 21.8. The minimum Gasteiger partial charge on any atom is -0.497 e. The molecule has 0 spiro atoms. The molecule has 0 amide bonds. The Morgan fingerprint density at radius 2 is 2.00 bits per heavy atom. The molecule has 2 aromatic carbocycles. The SMILES string of the molecule is COc1cc(OCc2ccc(-n3ccnc3C)cc2)c(F)c(C2COCCC2OC)c1. The van der Waals surface area contributed by atoms with Crippen LogP contribution in [0, 0.1) is 12.7 Å². The largest absolute Gasteiger partial charge is 0.497 e. The van der Waals surface area contributed by atoms with E-state index in [1.165, 1.54) is 0 Å². The van der Waals surface area contributed by atoms with Crippen LogP contribution in [0.5, 0.6) is 11.5 Å². The monoisotopic (exact) mass is 426 g/mol. The first kappa shape index (κ1) is 21.3. The third-order valence-corrected chi connectivity index (χ3v) is 5.71. The quantitative estimate of drug-likeness (QED) is 0.560. The van der Waals surface area contributed by atoms with Gasteiger partial charge in [0.1, 0.15) is 18.2 Å². The Morgan fingerprint density at radius 3 is 2.68 bits per heavy atom. The highest BCUT2D eigenvalue weighted by Gasteiger charge is 2.31. The van der Waals surface area contributed by atoms with Crippen molar-refractivity contribution in [3.8, 4) is 17.2 Å². The van der Waals surface area contributed by atoms with Gasteiger partial charge in [0, 0.05) is 49.3 Å². The Morgan fingerprint density at radius 1 is 1.19 bits per heavy atom. The predicted molar refractivity (Wildman–Crippen MR) is 115 cm³/mol. The van der Waals surface area contributed by atoms with E-state index in [0.29, 0.717) is 24.5 Å². The van der Waals surface area contributed by atoms with Crippen LogP contribution in [0.3, 0.4) is 0 Å². The predicted octanol–water partition coefficient (Wildman–Crippen LogP) is 4.43. The molecule has 7 heteroatoms. The number of aromatic nitrogens is 2. The standard InChI is InChI=1S/C24H27FN2O4/c1-16-26-9-10-27(16)18-6-4-17(5-7-18)14-31-23-13-19(28-2)12-20(24(23)25)21-15-30-11-8-22(21)29-3/h4-7,9-10,12-13,21-22H,8,11,14-15H2,1-3H3. The lowest BCUT2D eigenvalue weighted by Gasteiger charge is -2.31. The molecule has 1 aromatic heterocycles. The van der Waals surface area contributed by atoms with Gasteiger partial charge in [-0.15, -0.1) is 0 Å². The molecule has 0 bridgehead atoms. The van der Waals surface area contributed by atoms with Crippen LogP contribution in [-0.4, -0.2) is 43.1 Å². The average molecular weight is 426 g/mol. The van der Waals surface area contributed by atoms with Crippen LogP contribution in [0.4, 0.5) is 4.39 Å². The fourth-order valence-electron chi connectivity index (χ4n) is 3.94. The molecule has 31 heavy (non-hydrogen) atoms. The van der Waals surface area contributed by atoms with Crippen molar-refractivity contribution in [2.45, 2.75) is 32.0 Å². The van der Waals surface area contributed by atoms with Gasteiger partial charge >= 0.3 is 0 Å². The summed E-state index contributed by atoms with van der Waals surface area (Å²) in [5.74, 6) is 0.996. The second-order valence-corrected chi connectivity index (χ2v) is 7.57. The second-order valence-electron chi connectivity index (χ2n) is 7.57. The normalized spacial score (nSPS) is 18.7. The van der Waals surface area contributed by atoms with Gasteiger partial charge in [-0.05, 0) is 37.1 Å². The Bertz CT molecular complexity index is 1020. The molecule has 0 N–H and O–H groups in total. The number of methoxy groups -OCH3 is 2. The van der Waals surface area contributed by atoms with E-state index in [4.69, 9.17) is 18.9 Å². The van der Waals surface area contributed by atoms with Gasteiger partial charge in [0.05, 0.1) is 19.8 Å². The van der Waals surface area contributed by atoms with Crippen molar-refractivity contribution < 1.29 is 23.3 Å². The molecule has 164 valence electrons. The summed E-state index contributed by atoms with van der Waals surface area (Å²) in [5, 5.41) is 0. The fraction of sp³-hybridized carbons (Fsp3) is 0.375. The number of benzene rings is 2. The summed E-state index contributed by atoms with van der Waals surface area (Å²) in [7, 11) is 3.20. The minimum atomic E-state index is -0.399. The lowest BCUT2D eigenvalue weighted by atomic mass is 9.90. The molecule has 0 aliphatic carbocycles. The van der Waals surface area contributed by atoms with Gasteiger partial charge in [0.15, 0.2) is 11.6 Å². The number of nitrogens with zero attached hydrogens (tertiary/aromatic N) is 2. The number of halogens is 1. The van der Waals surface area contributed by atoms with Crippen molar-refractivity contribution >= 4 is 0 Å². The van der Waals surface area contributed by atoms with E-state index in [1.54, 1.807) is 32.5 Å². The molecule has 2 atom stereocenters. The number of ether oxygens (including phenoxy) is 4. The van der Waals surface area contributed by atoms with Gasteiger partial charge in [-0.1, -0.05) is 12.1 Å². The Kier molecular flexibility index (Phi) is 6.53. The van der Waals surface area contributed by atoms with Crippen LogP contribution in [0.15, 0.2) is 48.8 Å². The highest BCUT2D eigenvalue weighted by atomic mass is 19.1. The first-order valence-electron chi connectivity index (χ1n) is 10.3. The van der Waals surface area contributed by atoms with E-state index >= 15 is 4.39 Å². The van der Waals surface area contributed by atoms with Crippen LogP contribution in [0.2, 0.25) is 0 Å². The second kappa shape index (κ2) is 9.49. The van der Waals surface area contributed by atoms with E-state index in [1.807, 2.05) is 42.0 Å². The van der Waals surface area contributed by atoms with Crippen LogP contribution < -0.4 is 9.47 Å². The Hall–Kier alpha value is -2.90. The molecule has 1 aliphatic heterocycles. The number of hydrogen-bond acceptors (Lipinski definition) is 5. The zero-order valence-corrected chi connectivity index (χ0v) is 18.0. The van der Waals surface area contributed by atoms with Gasteiger partial charge in [0.2, 0.25) is 0 Å². The van der Waals surface area contributed by atoms with Crippen LogP contribution in [-0.2, 0) is 16.1 Å². The highest BCUT2D eigenvalue weighted by Crippen LogP contribution is 2.36. The molecule has 6 nitrogen and oxygen atoms in total. The maximum atomic E-state index is 15.4. The Balaban J connectivity index is 1.53. The van der Waals surface area contributed by atoms with Crippen molar-refractivity contribution in [1.82, 2.24) is 9.55 Å². The molecule has 0 radical (unpaired) electrons. The molecule has 2 heterocycles. The first-order chi connectivity index (χ1) is 15.1. The fourth-order valence-corrected chi connectivity index (χ4v) is 3.94. The summed E-state index contributed by atoms with van der Waals surface area (Å²) in [6.45, 7) is 3.20. The van der Waals surface area contributed by atoms with Crippen molar-refractivity contribution in [3.63, 3.8) is 0 Å². The van der Waals surface area contributed by atoms with Crippen LogP contribution >= 0.6 is 0 Å². The van der Waals surface area contributed by atoms with Crippen molar-refractivity contribution in [2.75, 3.05) is 27.4 Å². The van der Waals surface area contributed by atoms with E-state index < -0.39 is 5.82 Å². The van der Waals surface area contributed by atoms with Gasteiger partial charge in [-0.2, -0.15) is 0 Å². The van der Waals surface area contributed by atoms with Crippen molar-refractivity contribution in [2.24, 2.45) is 0 Å². The molecule has 2 unspecified atom stereocenters. The van der Waals surface area contributed by atoms with E-state index in [2.05, 4.69) is 4.98 Å². The van der Waals surface area contributed by atoms with Gasteiger partial charge in [-0.3, -0.25) is 0 Å². The summed E-state index contributed by atoms with van der Waals surface area (Å²) in [5.41, 5.74) is 2.43.